The van der Waals surface area contributed by atoms with E-state index in [0.717, 1.165) is 37.9 Å². The number of likely N-dealkylation sites (tertiary alicyclic amines) is 2. The lowest BCUT2D eigenvalue weighted by Gasteiger charge is -2.38. The van der Waals surface area contributed by atoms with Crippen molar-refractivity contribution >= 4 is 11.8 Å². The summed E-state index contributed by atoms with van der Waals surface area (Å²) >= 11 is 0. The third-order valence-electron chi connectivity index (χ3n) is 6.23. The van der Waals surface area contributed by atoms with Gasteiger partial charge in [0.2, 0.25) is 5.91 Å². The van der Waals surface area contributed by atoms with E-state index in [1.165, 1.54) is 0 Å². The zero-order valence-electron chi connectivity index (χ0n) is 18.2. The van der Waals surface area contributed by atoms with Crippen molar-refractivity contribution in [1.82, 2.24) is 15.1 Å². The van der Waals surface area contributed by atoms with Crippen LogP contribution in [0.3, 0.4) is 0 Å². The predicted octanol–water partition coefficient (Wildman–Crippen LogP) is 1.79. The van der Waals surface area contributed by atoms with Gasteiger partial charge in [-0.25, -0.2) is 0 Å². The molecule has 30 heavy (non-hydrogen) atoms. The van der Waals surface area contributed by atoms with Crippen molar-refractivity contribution in [1.29, 1.82) is 0 Å². The van der Waals surface area contributed by atoms with Crippen LogP contribution in [0.2, 0.25) is 0 Å². The third-order valence-corrected chi connectivity index (χ3v) is 6.23. The van der Waals surface area contributed by atoms with Crippen LogP contribution in [0.15, 0.2) is 24.3 Å². The maximum atomic E-state index is 12.9. The van der Waals surface area contributed by atoms with Crippen molar-refractivity contribution in [2.24, 2.45) is 0 Å². The van der Waals surface area contributed by atoms with Gasteiger partial charge in [0.05, 0.1) is 12.2 Å². The molecule has 3 rings (SSSR count). The standard InChI is InChI=1S/C23H35N3O4/c1-18(27)24-21-8-13-25(14-9-21)17-23(29)10-3-12-26(15-11-23)22(28)20-6-4-19(5-7-20)16-30-2/h4-7,21,29H,3,8-17H2,1-2H3,(H,24,27)/t23-/m1/s1. The second-order valence-electron chi connectivity index (χ2n) is 8.75. The Balaban J connectivity index is 1.51. The van der Waals surface area contributed by atoms with Gasteiger partial charge in [-0.1, -0.05) is 12.1 Å². The number of β-amino-alcohol motifs (C(OH)–C–C–N with tert-alkyl or cyclic N) is 1. The van der Waals surface area contributed by atoms with E-state index in [4.69, 9.17) is 4.74 Å². The van der Waals surface area contributed by atoms with Gasteiger partial charge in [-0.05, 0) is 49.8 Å². The lowest BCUT2D eigenvalue weighted by molar-refractivity contribution is -0.120. The van der Waals surface area contributed by atoms with Crippen molar-refractivity contribution in [3.63, 3.8) is 0 Å². The highest BCUT2D eigenvalue weighted by Gasteiger charge is 2.34. The van der Waals surface area contributed by atoms with E-state index >= 15 is 0 Å². The van der Waals surface area contributed by atoms with Crippen LogP contribution >= 0.6 is 0 Å². The molecule has 1 aromatic carbocycles. The summed E-state index contributed by atoms with van der Waals surface area (Å²) in [5, 5.41) is 14.2. The van der Waals surface area contributed by atoms with Crippen molar-refractivity contribution in [2.45, 2.75) is 57.3 Å². The Morgan fingerprint density at radius 2 is 1.83 bits per heavy atom. The van der Waals surface area contributed by atoms with Crippen molar-refractivity contribution in [3.8, 4) is 0 Å². The Hall–Kier alpha value is -1.96. The molecule has 166 valence electrons. The maximum absolute atomic E-state index is 12.9. The number of benzene rings is 1. The summed E-state index contributed by atoms with van der Waals surface area (Å²) in [6, 6.07) is 7.80. The summed E-state index contributed by atoms with van der Waals surface area (Å²) in [6.45, 7) is 5.72. The highest BCUT2D eigenvalue weighted by atomic mass is 16.5. The van der Waals surface area contributed by atoms with Crippen LogP contribution in [0.5, 0.6) is 0 Å². The first kappa shape index (κ1) is 22.7. The van der Waals surface area contributed by atoms with Crippen LogP contribution < -0.4 is 5.32 Å². The van der Waals surface area contributed by atoms with Crippen molar-refractivity contribution in [3.05, 3.63) is 35.4 Å². The highest BCUT2D eigenvalue weighted by Crippen LogP contribution is 2.26. The first-order valence-electron chi connectivity index (χ1n) is 11.0. The number of ether oxygens (including phenoxy) is 1. The average Bonchev–Trinajstić information content (AvgIpc) is 2.91. The van der Waals surface area contributed by atoms with E-state index < -0.39 is 5.60 Å². The number of rotatable bonds is 6. The molecule has 0 unspecified atom stereocenters. The van der Waals surface area contributed by atoms with Crippen LogP contribution in [0, 0.1) is 0 Å². The molecular formula is C23H35N3O4. The van der Waals surface area contributed by atoms with E-state index in [1.54, 1.807) is 14.0 Å². The molecule has 0 radical (unpaired) electrons. The second kappa shape index (κ2) is 10.4. The summed E-state index contributed by atoms with van der Waals surface area (Å²) in [4.78, 5) is 28.3. The third kappa shape index (κ3) is 6.27. The zero-order chi connectivity index (χ0) is 21.6. The molecule has 2 amide bonds. The number of carbonyl (C=O) groups excluding carboxylic acids is 2. The molecule has 0 aliphatic carbocycles. The minimum atomic E-state index is -0.766. The molecule has 2 saturated heterocycles. The Morgan fingerprint density at radius 1 is 1.13 bits per heavy atom. The number of hydrogen-bond donors (Lipinski definition) is 2. The van der Waals surface area contributed by atoms with E-state index in [-0.39, 0.29) is 17.9 Å². The minimum Gasteiger partial charge on any atom is -0.388 e. The van der Waals surface area contributed by atoms with E-state index in [0.29, 0.717) is 44.6 Å². The van der Waals surface area contributed by atoms with Gasteiger partial charge >= 0.3 is 0 Å². The summed E-state index contributed by atoms with van der Waals surface area (Å²) in [5.41, 5.74) is 0.958. The first-order chi connectivity index (χ1) is 14.4. The molecule has 2 fully saturated rings. The Kier molecular flexibility index (Phi) is 7.86. The van der Waals surface area contributed by atoms with Gasteiger partial charge in [0.1, 0.15) is 0 Å². The van der Waals surface area contributed by atoms with Crippen LogP contribution in [0.1, 0.15) is 54.9 Å². The summed E-state index contributed by atoms with van der Waals surface area (Å²) in [6.07, 6.45) is 3.92. The second-order valence-corrected chi connectivity index (χ2v) is 8.75. The fourth-order valence-corrected chi connectivity index (χ4v) is 4.57. The molecular weight excluding hydrogens is 382 g/mol. The van der Waals surface area contributed by atoms with E-state index in [1.807, 2.05) is 29.2 Å². The quantitative estimate of drug-likeness (QED) is 0.738. The van der Waals surface area contributed by atoms with Gasteiger partial charge in [0.15, 0.2) is 0 Å². The number of piperidine rings is 1. The largest absolute Gasteiger partial charge is 0.388 e. The molecule has 7 heteroatoms. The first-order valence-corrected chi connectivity index (χ1v) is 11.0. The molecule has 0 spiro atoms. The zero-order valence-corrected chi connectivity index (χ0v) is 18.2. The van der Waals surface area contributed by atoms with Crippen LogP contribution in [0.4, 0.5) is 0 Å². The summed E-state index contributed by atoms with van der Waals surface area (Å²) in [5.74, 6) is 0.0493. The van der Waals surface area contributed by atoms with Crippen LogP contribution in [-0.2, 0) is 16.1 Å². The van der Waals surface area contributed by atoms with Crippen molar-refractivity contribution < 1.29 is 19.4 Å². The smallest absolute Gasteiger partial charge is 0.253 e. The number of nitrogens with one attached hydrogen (secondary N) is 1. The number of nitrogens with zero attached hydrogens (tertiary/aromatic N) is 2. The van der Waals surface area contributed by atoms with Gasteiger partial charge in [-0.15, -0.1) is 0 Å². The van der Waals surface area contributed by atoms with Gasteiger partial charge < -0.3 is 25.0 Å². The number of methoxy groups -OCH3 is 1. The molecule has 1 atom stereocenters. The molecule has 2 heterocycles. The monoisotopic (exact) mass is 417 g/mol. The fraction of sp³-hybridized carbons (Fsp3) is 0.652. The Bertz CT molecular complexity index is 716. The van der Waals surface area contributed by atoms with E-state index in [2.05, 4.69) is 10.2 Å². The molecule has 0 aromatic heterocycles. The summed E-state index contributed by atoms with van der Waals surface area (Å²) < 4.78 is 5.12. The number of carbonyl (C=O) groups is 2. The van der Waals surface area contributed by atoms with Crippen LogP contribution in [-0.4, -0.2) is 78.2 Å². The lowest BCUT2D eigenvalue weighted by Crippen LogP contribution is -2.50. The number of amides is 2. The molecule has 2 N–H and O–H groups in total. The molecule has 7 nitrogen and oxygen atoms in total. The Morgan fingerprint density at radius 3 is 2.47 bits per heavy atom. The Labute approximate surface area is 179 Å². The maximum Gasteiger partial charge on any atom is 0.253 e. The van der Waals surface area contributed by atoms with Crippen molar-refractivity contribution in [2.75, 3.05) is 39.8 Å². The van der Waals surface area contributed by atoms with Crippen LogP contribution in [0.25, 0.3) is 0 Å². The predicted molar refractivity (Wildman–Crippen MR) is 115 cm³/mol. The molecule has 2 aliphatic heterocycles. The molecule has 1 aromatic rings. The molecule has 2 aliphatic rings. The highest BCUT2D eigenvalue weighted by molar-refractivity contribution is 5.94. The van der Waals surface area contributed by atoms with Gasteiger partial charge in [-0.2, -0.15) is 0 Å². The normalized spacial score (nSPS) is 23.8. The summed E-state index contributed by atoms with van der Waals surface area (Å²) in [7, 11) is 1.66. The number of hydrogen-bond acceptors (Lipinski definition) is 5. The number of aliphatic hydroxyl groups is 1. The van der Waals surface area contributed by atoms with Gasteiger partial charge in [0, 0.05) is 58.4 Å². The topological polar surface area (TPSA) is 82.1 Å². The lowest BCUT2D eigenvalue weighted by atomic mass is 9.93. The van der Waals surface area contributed by atoms with Gasteiger partial charge in [0.25, 0.3) is 5.91 Å². The average molecular weight is 418 g/mol. The van der Waals surface area contributed by atoms with Gasteiger partial charge in [-0.3, -0.25) is 9.59 Å². The molecule has 0 saturated carbocycles. The fourth-order valence-electron chi connectivity index (χ4n) is 4.57. The molecule has 0 bridgehead atoms. The SMILES string of the molecule is COCc1ccc(C(=O)N2CCC[C@](O)(CN3CCC(NC(C)=O)CC3)CC2)cc1. The minimum absolute atomic E-state index is 0.0222. The van der Waals surface area contributed by atoms with E-state index in [9.17, 15) is 14.7 Å².